The first-order valence-electron chi connectivity index (χ1n) is 6.45. The summed E-state index contributed by atoms with van der Waals surface area (Å²) in [5, 5.41) is 3.53. The van der Waals surface area contributed by atoms with Gasteiger partial charge in [-0.25, -0.2) is 0 Å². The Hall–Kier alpha value is -1.06. The Morgan fingerprint density at radius 1 is 1.28 bits per heavy atom. The topological polar surface area (TPSA) is 30.5 Å². The quantitative estimate of drug-likeness (QED) is 0.874. The van der Waals surface area contributed by atoms with Crippen molar-refractivity contribution < 1.29 is 9.47 Å². The van der Waals surface area contributed by atoms with Crippen molar-refractivity contribution in [2.45, 2.75) is 39.3 Å². The lowest BCUT2D eigenvalue weighted by Crippen LogP contribution is -2.50. The molecule has 1 aromatic rings. The van der Waals surface area contributed by atoms with Gasteiger partial charge in [-0.2, -0.15) is 0 Å². The Morgan fingerprint density at radius 2 is 2.00 bits per heavy atom. The van der Waals surface area contributed by atoms with Gasteiger partial charge < -0.3 is 14.8 Å². The van der Waals surface area contributed by atoms with Gasteiger partial charge in [-0.05, 0) is 56.5 Å². The number of hydrogen-bond donors (Lipinski definition) is 1. The van der Waals surface area contributed by atoms with Gasteiger partial charge in [0.05, 0.1) is 19.8 Å². The molecule has 1 atom stereocenters. The lowest BCUT2D eigenvalue weighted by Gasteiger charge is -2.36. The van der Waals surface area contributed by atoms with Crippen molar-refractivity contribution in [2.24, 2.45) is 0 Å². The highest BCUT2D eigenvalue weighted by Gasteiger charge is 2.28. The van der Waals surface area contributed by atoms with Crippen LogP contribution in [0.1, 0.15) is 36.6 Å². The summed E-state index contributed by atoms with van der Waals surface area (Å²) in [5.41, 5.74) is 3.72. The number of benzene rings is 1. The molecule has 3 heteroatoms. The Kier molecular flexibility index (Phi) is 3.64. The first-order chi connectivity index (χ1) is 8.43. The zero-order valence-electron chi connectivity index (χ0n) is 12.0. The summed E-state index contributed by atoms with van der Waals surface area (Å²) < 4.78 is 11.3. The molecule has 1 unspecified atom stereocenters. The predicted octanol–water partition coefficient (Wildman–Crippen LogP) is 2.75. The second-order valence-electron chi connectivity index (χ2n) is 5.74. The van der Waals surface area contributed by atoms with Gasteiger partial charge in [-0.3, -0.25) is 0 Å². The second kappa shape index (κ2) is 4.90. The molecule has 0 aromatic heterocycles. The molecule has 0 amide bonds. The number of methoxy groups -OCH3 is 1. The number of morpholine rings is 1. The fraction of sp³-hybridized carbons (Fsp3) is 0.600. The average molecular weight is 249 g/mol. The lowest BCUT2D eigenvalue weighted by atomic mass is 9.96. The van der Waals surface area contributed by atoms with Gasteiger partial charge in [-0.1, -0.05) is 0 Å². The van der Waals surface area contributed by atoms with Crippen LogP contribution >= 0.6 is 0 Å². The average Bonchev–Trinajstić information content (AvgIpc) is 2.32. The van der Waals surface area contributed by atoms with Crippen LogP contribution in [0, 0.1) is 13.8 Å². The lowest BCUT2D eigenvalue weighted by molar-refractivity contribution is -0.0232. The summed E-state index contributed by atoms with van der Waals surface area (Å²) in [4.78, 5) is 0. The van der Waals surface area contributed by atoms with Gasteiger partial charge in [0.15, 0.2) is 0 Å². The van der Waals surface area contributed by atoms with Crippen LogP contribution in [-0.4, -0.2) is 25.8 Å². The van der Waals surface area contributed by atoms with Gasteiger partial charge in [0.2, 0.25) is 0 Å². The minimum Gasteiger partial charge on any atom is -0.496 e. The van der Waals surface area contributed by atoms with Crippen molar-refractivity contribution in [3.05, 3.63) is 28.8 Å². The Balaban J connectivity index is 2.22. The molecule has 0 bridgehead atoms. The summed E-state index contributed by atoms with van der Waals surface area (Å²) in [5.74, 6) is 0.945. The largest absolute Gasteiger partial charge is 0.496 e. The molecule has 1 aliphatic heterocycles. The molecule has 1 N–H and O–H groups in total. The fourth-order valence-corrected chi connectivity index (χ4v) is 2.37. The van der Waals surface area contributed by atoms with E-state index in [4.69, 9.17) is 9.47 Å². The minimum absolute atomic E-state index is 0.0753. The molecule has 2 rings (SSSR count). The normalized spacial score (nSPS) is 22.8. The molecule has 1 aliphatic rings. The zero-order valence-corrected chi connectivity index (χ0v) is 12.0. The zero-order chi connectivity index (χ0) is 13.3. The Morgan fingerprint density at radius 3 is 2.56 bits per heavy atom. The maximum atomic E-state index is 5.99. The molecule has 1 heterocycles. The van der Waals surface area contributed by atoms with Crippen molar-refractivity contribution in [3.8, 4) is 5.75 Å². The highest BCUT2D eigenvalue weighted by Crippen LogP contribution is 2.30. The smallest absolute Gasteiger partial charge is 0.122 e. The molecule has 0 spiro atoms. The van der Waals surface area contributed by atoms with Gasteiger partial charge in [0, 0.05) is 12.1 Å². The highest BCUT2D eigenvalue weighted by molar-refractivity contribution is 5.42. The van der Waals surface area contributed by atoms with Crippen molar-refractivity contribution in [3.63, 3.8) is 0 Å². The molecule has 18 heavy (non-hydrogen) atoms. The predicted molar refractivity (Wildman–Crippen MR) is 73.2 cm³/mol. The summed E-state index contributed by atoms with van der Waals surface area (Å²) in [6.45, 7) is 10.1. The van der Waals surface area contributed by atoms with E-state index in [0.29, 0.717) is 0 Å². The molecule has 3 nitrogen and oxygen atoms in total. The maximum Gasteiger partial charge on any atom is 0.122 e. The summed E-state index contributed by atoms with van der Waals surface area (Å²) >= 11 is 0. The number of aryl methyl sites for hydroxylation is 2. The van der Waals surface area contributed by atoms with Crippen LogP contribution in [-0.2, 0) is 4.74 Å². The third-order valence-electron chi connectivity index (χ3n) is 3.54. The molecule has 0 radical (unpaired) electrons. The second-order valence-corrected chi connectivity index (χ2v) is 5.74. The van der Waals surface area contributed by atoms with Crippen LogP contribution in [0.3, 0.4) is 0 Å². The van der Waals surface area contributed by atoms with E-state index in [1.807, 2.05) is 0 Å². The molecule has 1 saturated heterocycles. The van der Waals surface area contributed by atoms with Gasteiger partial charge in [0.25, 0.3) is 0 Å². The van der Waals surface area contributed by atoms with Crippen molar-refractivity contribution >= 4 is 0 Å². The van der Waals surface area contributed by atoms with E-state index in [1.54, 1.807) is 7.11 Å². The first-order valence-corrected chi connectivity index (χ1v) is 6.45. The van der Waals surface area contributed by atoms with Crippen LogP contribution in [0.5, 0.6) is 5.75 Å². The Labute approximate surface area is 109 Å². The van der Waals surface area contributed by atoms with Gasteiger partial charge in [0.1, 0.15) is 5.75 Å². The monoisotopic (exact) mass is 249 g/mol. The minimum atomic E-state index is 0.0753. The fourth-order valence-electron chi connectivity index (χ4n) is 2.37. The van der Waals surface area contributed by atoms with E-state index in [1.165, 1.54) is 11.1 Å². The van der Waals surface area contributed by atoms with Crippen molar-refractivity contribution in [1.29, 1.82) is 0 Å². The summed E-state index contributed by atoms with van der Waals surface area (Å²) in [6.07, 6.45) is 0.141. The first kappa shape index (κ1) is 13.4. The third-order valence-corrected chi connectivity index (χ3v) is 3.54. The number of hydrogen-bond acceptors (Lipinski definition) is 3. The van der Waals surface area contributed by atoms with Crippen LogP contribution in [0.4, 0.5) is 0 Å². The number of nitrogens with one attached hydrogen (secondary N) is 1. The molecule has 0 aliphatic carbocycles. The van der Waals surface area contributed by atoms with E-state index >= 15 is 0 Å². The molecule has 0 saturated carbocycles. The van der Waals surface area contributed by atoms with Gasteiger partial charge in [-0.15, -0.1) is 0 Å². The van der Waals surface area contributed by atoms with Crippen LogP contribution < -0.4 is 10.1 Å². The van der Waals surface area contributed by atoms with Gasteiger partial charge >= 0.3 is 0 Å². The number of ether oxygens (including phenoxy) is 2. The molecule has 1 aromatic carbocycles. The summed E-state index contributed by atoms with van der Waals surface area (Å²) in [6, 6.07) is 4.27. The standard InChI is InChI=1S/C15H23NO2/c1-10-7-13(17-5)11(2)6-12(10)14-8-16-15(3,4)9-18-14/h6-7,14,16H,8-9H2,1-5H3. The van der Waals surface area contributed by atoms with E-state index in [0.717, 1.165) is 24.5 Å². The number of rotatable bonds is 2. The SMILES string of the molecule is COc1cc(C)c(C2CNC(C)(C)CO2)cc1C. The van der Waals surface area contributed by atoms with E-state index in [2.05, 4.69) is 45.1 Å². The van der Waals surface area contributed by atoms with Crippen LogP contribution in [0.15, 0.2) is 12.1 Å². The van der Waals surface area contributed by atoms with E-state index < -0.39 is 0 Å². The molecular weight excluding hydrogens is 226 g/mol. The van der Waals surface area contributed by atoms with E-state index in [9.17, 15) is 0 Å². The molecular formula is C15H23NO2. The van der Waals surface area contributed by atoms with E-state index in [-0.39, 0.29) is 11.6 Å². The maximum absolute atomic E-state index is 5.99. The highest BCUT2D eigenvalue weighted by atomic mass is 16.5. The summed E-state index contributed by atoms with van der Waals surface area (Å²) in [7, 11) is 1.71. The van der Waals surface area contributed by atoms with Crippen LogP contribution in [0.2, 0.25) is 0 Å². The Bertz CT molecular complexity index is 430. The van der Waals surface area contributed by atoms with Crippen LogP contribution in [0.25, 0.3) is 0 Å². The molecule has 1 fully saturated rings. The van der Waals surface area contributed by atoms with Crippen molar-refractivity contribution in [1.82, 2.24) is 5.32 Å². The van der Waals surface area contributed by atoms with Crippen molar-refractivity contribution in [2.75, 3.05) is 20.3 Å². The molecule has 100 valence electrons. The third kappa shape index (κ3) is 2.68.